The van der Waals surface area contributed by atoms with Crippen LogP contribution >= 0.6 is 0 Å². The maximum atomic E-state index is 11.2. The first-order valence-corrected chi connectivity index (χ1v) is 13.5. The molecule has 0 aliphatic heterocycles. The number of rotatable bonds is 21. The molecule has 0 aromatic carbocycles. The van der Waals surface area contributed by atoms with E-state index < -0.39 is 15.4 Å². The normalized spacial score (nSPS) is 13.8. The summed E-state index contributed by atoms with van der Waals surface area (Å²) in [5, 5.41) is 8.54. The van der Waals surface area contributed by atoms with Crippen LogP contribution < -0.4 is 51.4 Å². The van der Waals surface area contributed by atoms with Crippen molar-refractivity contribution >= 4 is 10.1 Å². The third-order valence-electron chi connectivity index (χ3n) is 5.67. The number of unbranched alkanes of at least 4 members (excludes halogenated alkanes) is 14. The van der Waals surface area contributed by atoms with E-state index in [0.29, 0.717) is 12.8 Å². The third kappa shape index (κ3) is 24.0. The zero-order chi connectivity index (χ0) is 21.1. The molecule has 0 saturated heterocycles. The molecule has 0 spiro atoms. The first kappa shape index (κ1) is 32.7. The van der Waals surface area contributed by atoms with Crippen LogP contribution in [0.3, 0.4) is 0 Å². The fourth-order valence-corrected chi connectivity index (χ4v) is 4.84. The molecule has 6 heteroatoms. The fourth-order valence-electron chi connectivity index (χ4n) is 3.86. The number of hydrogen-bond donors (Lipinski definition) is 1. The first-order chi connectivity index (χ1) is 13.4. The van der Waals surface area contributed by atoms with Crippen molar-refractivity contribution in [3.05, 3.63) is 0 Å². The summed E-state index contributed by atoms with van der Waals surface area (Å²) in [5.74, 6) is 0. The maximum Gasteiger partial charge on any atom is 1.00 e. The van der Waals surface area contributed by atoms with Gasteiger partial charge in [-0.25, -0.2) is 8.42 Å². The molecule has 2 unspecified atom stereocenters. The minimum absolute atomic E-state index is 0. The Morgan fingerprint density at radius 1 is 0.655 bits per heavy atom. The van der Waals surface area contributed by atoms with Crippen LogP contribution in [0.15, 0.2) is 0 Å². The largest absolute Gasteiger partial charge is 1.00 e. The van der Waals surface area contributed by atoms with Gasteiger partial charge in [0, 0.05) is 5.25 Å². The van der Waals surface area contributed by atoms with Crippen molar-refractivity contribution < 1.29 is 69.5 Å². The van der Waals surface area contributed by atoms with Crippen LogP contribution in [0.2, 0.25) is 0 Å². The first-order valence-electron chi connectivity index (χ1n) is 12.0. The summed E-state index contributed by atoms with van der Waals surface area (Å²) in [6.45, 7) is 3.80. The Labute approximate surface area is 224 Å². The van der Waals surface area contributed by atoms with Crippen LogP contribution in [0.4, 0.5) is 0 Å². The van der Waals surface area contributed by atoms with Crippen molar-refractivity contribution in [3.63, 3.8) is 0 Å². The Morgan fingerprint density at radius 2 is 0.966 bits per heavy atom. The molecule has 0 aliphatic carbocycles. The molecule has 0 aliphatic rings. The monoisotopic (exact) mass is 458 g/mol. The van der Waals surface area contributed by atoms with E-state index in [1.807, 2.05) is 13.8 Å². The van der Waals surface area contributed by atoms with Gasteiger partial charge in [0.2, 0.25) is 0 Å². The van der Waals surface area contributed by atoms with Gasteiger partial charge in [-0.2, -0.15) is 0 Å². The average molecular weight is 459 g/mol. The van der Waals surface area contributed by atoms with E-state index in [1.165, 1.54) is 70.6 Å². The summed E-state index contributed by atoms with van der Waals surface area (Å²) in [5.41, 5.74) is 0. The second kappa shape index (κ2) is 22.7. The summed E-state index contributed by atoms with van der Waals surface area (Å²) in [7, 11) is -4.11. The zero-order valence-electron chi connectivity index (χ0n) is 19.7. The van der Waals surface area contributed by atoms with Gasteiger partial charge in [0.25, 0.3) is 0 Å². The molecule has 0 aromatic heterocycles. The van der Waals surface area contributed by atoms with Gasteiger partial charge in [-0.15, -0.1) is 0 Å². The van der Waals surface area contributed by atoms with Gasteiger partial charge in [0.05, 0.1) is 16.2 Å². The SMILES string of the molecule is CCCC(CCCCCCCCCCCCCCCCCC(C)O)S(=O)(=O)[O-].[K+]. The Kier molecular flexibility index (Phi) is 25.6. The van der Waals surface area contributed by atoms with Crippen molar-refractivity contribution in [2.75, 3.05) is 0 Å². The van der Waals surface area contributed by atoms with E-state index in [1.54, 1.807) is 0 Å². The summed E-state index contributed by atoms with van der Waals surface area (Å²) >= 11 is 0. The van der Waals surface area contributed by atoms with E-state index in [9.17, 15) is 18.1 Å². The molecule has 170 valence electrons. The smallest absolute Gasteiger partial charge is 0.748 e. The topological polar surface area (TPSA) is 77.4 Å². The number of aliphatic hydroxyl groups excluding tert-OH is 1. The van der Waals surface area contributed by atoms with Crippen molar-refractivity contribution in [1.82, 2.24) is 0 Å². The minimum atomic E-state index is -4.11. The molecule has 0 heterocycles. The second-order valence-corrected chi connectivity index (χ2v) is 10.3. The molecule has 0 amide bonds. The molecule has 0 rings (SSSR count). The standard InChI is InChI=1S/C23H48O4S.K/c1-3-19-23(28(25,26)27)21-18-16-14-12-10-8-6-4-5-7-9-11-13-15-17-20-22(2)24;/h22-24H,3-21H2,1-2H3,(H,25,26,27);/q;+1/p-1. The number of aliphatic hydroxyl groups is 1. The molecule has 0 fully saturated rings. The molecular formula is C23H47KO4S. The van der Waals surface area contributed by atoms with Crippen molar-refractivity contribution in [2.45, 2.75) is 147 Å². The third-order valence-corrected chi connectivity index (χ3v) is 6.95. The van der Waals surface area contributed by atoms with Gasteiger partial charge in [-0.05, 0) is 26.2 Å². The second-order valence-electron chi connectivity index (χ2n) is 8.63. The summed E-state index contributed by atoms with van der Waals surface area (Å²) in [6, 6.07) is 0. The average Bonchev–Trinajstić information content (AvgIpc) is 2.62. The van der Waals surface area contributed by atoms with E-state index in [-0.39, 0.29) is 57.5 Å². The molecule has 2 atom stereocenters. The summed E-state index contributed by atoms with van der Waals surface area (Å²) in [6.07, 6.45) is 21.3. The van der Waals surface area contributed by atoms with Crippen molar-refractivity contribution in [1.29, 1.82) is 0 Å². The predicted molar refractivity (Wildman–Crippen MR) is 119 cm³/mol. The Bertz CT molecular complexity index is 427. The molecule has 4 nitrogen and oxygen atoms in total. The van der Waals surface area contributed by atoms with Gasteiger partial charge in [-0.3, -0.25) is 0 Å². The van der Waals surface area contributed by atoms with E-state index in [2.05, 4.69) is 0 Å². The van der Waals surface area contributed by atoms with Gasteiger partial charge in [0.1, 0.15) is 0 Å². The maximum absolute atomic E-state index is 11.2. The van der Waals surface area contributed by atoms with Crippen LogP contribution in [-0.4, -0.2) is 29.4 Å². The van der Waals surface area contributed by atoms with E-state index in [4.69, 9.17) is 0 Å². The molecule has 0 radical (unpaired) electrons. The van der Waals surface area contributed by atoms with Crippen LogP contribution in [0.5, 0.6) is 0 Å². The molecule has 1 N–H and O–H groups in total. The summed E-state index contributed by atoms with van der Waals surface area (Å²) < 4.78 is 33.5. The zero-order valence-corrected chi connectivity index (χ0v) is 23.6. The van der Waals surface area contributed by atoms with Crippen LogP contribution in [0, 0.1) is 0 Å². The molecule has 0 saturated carbocycles. The number of hydrogen-bond acceptors (Lipinski definition) is 4. The molecule has 29 heavy (non-hydrogen) atoms. The fraction of sp³-hybridized carbons (Fsp3) is 1.00. The van der Waals surface area contributed by atoms with E-state index in [0.717, 1.165) is 38.5 Å². The van der Waals surface area contributed by atoms with Gasteiger partial charge in [-0.1, -0.05) is 110 Å². The minimum Gasteiger partial charge on any atom is -0.748 e. The summed E-state index contributed by atoms with van der Waals surface area (Å²) in [4.78, 5) is 0. The Balaban J connectivity index is 0. The van der Waals surface area contributed by atoms with Crippen LogP contribution in [-0.2, 0) is 10.1 Å². The Hall–Kier alpha value is 1.51. The van der Waals surface area contributed by atoms with Gasteiger partial charge < -0.3 is 9.66 Å². The van der Waals surface area contributed by atoms with Gasteiger partial charge >= 0.3 is 51.4 Å². The van der Waals surface area contributed by atoms with Crippen molar-refractivity contribution in [3.8, 4) is 0 Å². The van der Waals surface area contributed by atoms with Gasteiger partial charge in [0.15, 0.2) is 0 Å². The van der Waals surface area contributed by atoms with Crippen LogP contribution in [0.1, 0.15) is 136 Å². The quantitative estimate of drug-likeness (QED) is 0.162. The van der Waals surface area contributed by atoms with E-state index >= 15 is 0 Å². The van der Waals surface area contributed by atoms with Crippen LogP contribution in [0.25, 0.3) is 0 Å². The molecule has 0 bridgehead atoms. The molecule has 0 aromatic rings. The molecular weight excluding hydrogens is 411 g/mol. The van der Waals surface area contributed by atoms with Crippen molar-refractivity contribution in [2.24, 2.45) is 0 Å². The predicted octanol–water partition coefficient (Wildman–Crippen LogP) is 3.72. The Morgan fingerprint density at radius 3 is 1.24 bits per heavy atom.